The number of hydrogen-bond acceptors (Lipinski definition) is 4. The molecular weight excluding hydrogens is 362 g/mol. The van der Waals surface area contributed by atoms with Gasteiger partial charge >= 0.3 is 0 Å². The first-order chi connectivity index (χ1) is 14.1. The van der Waals surface area contributed by atoms with Gasteiger partial charge in [0.05, 0.1) is 0 Å². The highest BCUT2D eigenvalue weighted by Gasteiger charge is 2.10. The number of amides is 1. The van der Waals surface area contributed by atoms with Crippen molar-refractivity contribution in [3.05, 3.63) is 95.7 Å². The molecule has 0 spiro atoms. The number of aryl methyl sites for hydroxylation is 2. The van der Waals surface area contributed by atoms with Crippen LogP contribution in [0.5, 0.6) is 11.5 Å². The van der Waals surface area contributed by atoms with Crippen molar-refractivity contribution in [1.82, 2.24) is 0 Å². The Labute approximate surface area is 170 Å². The van der Waals surface area contributed by atoms with Crippen molar-refractivity contribution in [3.63, 3.8) is 0 Å². The average molecular weight is 383 g/mol. The van der Waals surface area contributed by atoms with Crippen LogP contribution in [-0.2, 0) is 4.79 Å². The van der Waals surface area contributed by atoms with Gasteiger partial charge in [-0.25, -0.2) is 0 Å². The highest BCUT2D eigenvalue weighted by molar-refractivity contribution is 6.06. The number of nitrogens with one attached hydrogen (secondary N) is 2. The highest BCUT2D eigenvalue weighted by atomic mass is 16.5. The number of carbonyl (C=O) groups is 1. The van der Waals surface area contributed by atoms with Gasteiger partial charge in [0.15, 0.2) is 0 Å². The molecule has 0 aliphatic carbocycles. The lowest BCUT2D eigenvalue weighted by Gasteiger charge is -2.10. The molecule has 0 bridgehead atoms. The van der Waals surface area contributed by atoms with Crippen LogP contribution in [0.3, 0.4) is 0 Å². The Kier molecular flexibility index (Phi) is 6.29. The minimum atomic E-state index is -0.483. The maximum absolute atomic E-state index is 12.4. The van der Waals surface area contributed by atoms with Gasteiger partial charge in [0.1, 0.15) is 23.1 Å². The standard InChI is InChI=1S/C24H21N3O2/c1-17-7-6-8-18(2)23(17)26-16-19(15-25)24(28)27-20-11-13-22(14-12-20)29-21-9-4-3-5-10-21/h3-14,16,26H,1-2H3,(H,27,28)/b19-16-. The van der Waals surface area contributed by atoms with Crippen molar-refractivity contribution in [2.45, 2.75) is 13.8 Å². The van der Waals surface area contributed by atoms with Gasteiger partial charge in [0, 0.05) is 17.6 Å². The van der Waals surface area contributed by atoms with Crippen LogP contribution in [0.4, 0.5) is 11.4 Å². The Balaban J connectivity index is 1.65. The van der Waals surface area contributed by atoms with Crippen molar-refractivity contribution in [2.75, 3.05) is 10.6 Å². The van der Waals surface area contributed by atoms with E-state index in [0.717, 1.165) is 22.6 Å². The Bertz CT molecular complexity index is 1050. The summed E-state index contributed by atoms with van der Waals surface area (Å²) in [6.07, 6.45) is 1.43. The van der Waals surface area contributed by atoms with Crippen LogP contribution in [-0.4, -0.2) is 5.91 Å². The Morgan fingerprint density at radius 2 is 1.52 bits per heavy atom. The van der Waals surface area contributed by atoms with Crippen molar-refractivity contribution >= 4 is 17.3 Å². The van der Waals surface area contributed by atoms with Crippen molar-refractivity contribution < 1.29 is 9.53 Å². The van der Waals surface area contributed by atoms with Crippen LogP contribution in [0.25, 0.3) is 0 Å². The van der Waals surface area contributed by atoms with E-state index in [-0.39, 0.29) is 5.57 Å². The molecule has 0 aromatic heterocycles. The molecule has 0 unspecified atom stereocenters. The number of hydrogen-bond donors (Lipinski definition) is 2. The molecule has 29 heavy (non-hydrogen) atoms. The van der Waals surface area contributed by atoms with Crippen LogP contribution in [0.15, 0.2) is 84.6 Å². The van der Waals surface area contributed by atoms with E-state index >= 15 is 0 Å². The maximum atomic E-state index is 12.4. The summed E-state index contributed by atoms with van der Waals surface area (Å²) in [6.45, 7) is 3.93. The van der Waals surface area contributed by atoms with E-state index in [0.29, 0.717) is 11.4 Å². The third kappa shape index (κ3) is 5.24. The van der Waals surface area contributed by atoms with Crippen LogP contribution in [0.1, 0.15) is 11.1 Å². The third-order valence-corrected chi connectivity index (χ3v) is 4.30. The van der Waals surface area contributed by atoms with Gasteiger partial charge < -0.3 is 15.4 Å². The highest BCUT2D eigenvalue weighted by Crippen LogP contribution is 2.23. The topological polar surface area (TPSA) is 74.2 Å². The molecule has 3 aromatic rings. The molecule has 0 aliphatic rings. The molecule has 2 N–H and O–H groups in total. The first kappa shape index (κ1) is 19.7. The van der Waals surface area contributed by atoms with E-state index in [9.17, 15) is 10.1 Å². The van der Waals surface area contributed by atoms with Crippen LogP contribution < -0.4 is 15.4 Å². The molecule has 5 heteroatoms. The fourth-order valence-electron chi connectivity index (χ4n) is 2.76. The molecule has 5 nitrogen and oxygen atoms in total. The summed E-state index contributed by atoms with van der Waals surface area (Å²) < 4.78 is 5.73. The van der Waals surface area contributed by atoms with Gasteiger partial charge in [0.25, 0.3) is 5.91 Å². The summed E-state index contributed by atoms with van der Waals surface area (Å²) in [5.74, 6) is 0.904. The predicted molar refractivity (Wildman–Crippen MR) is 115 cm³/mol. The lowest BCUT2D eigenvalue weighted by molar-refractivity contribution is -0.112. The van der Waals surface area contributed by atoms with E-state index in [2.05, 4.69) is 10.6 Å². The number of ether oxygens (including phenoxy) is 1. The monoisotopic (exact) mass is 383 g/mol. The molecule has 144 valence electrons. The van der Waals surface area contributed by atoms with E-state index in [4.69, 9.17) is 4.74 Å². The molecule has 0 radical (unpaired) electrons. The van der Waals surface area contributed by atoms with Gasteiger partial charge in [0.2, 0.25) is 0 Å². The zero-order chi connectivity index (χ0) is 20.6. The summed E-state index contributed by atoms with van der Waals surface area (Å²) in [5, 5.41) is 15.2. The Morgan fingerprint density at radius 1 is 0.897 bits per heavy atom. The van der Waals surface area contributed by atoms with Crippen LogP contribution in [0.2, 0.25) is 0 Å². The number of nitriles is 1. The van der Waals surface area contributed by atoms with Gasteiger partial charge in [-0.15, -0.1) is 0 Å². The van der Waals surface area contributed by atoms with E-state index in [1.807, 2.05) is 68.4 Å². The SMILES string of the molecule is Cc1cccc(C)c1N/C=C(/C#N)C(=O)Nc1ccc(Oc2ccccc2)cc1. The molecule has 0 atom stereocenters. The second-order valence-electron chi connectivity index (χ2n) is 6.47. The molecule has 1 amide bonds. The normalized spacial score (nSPS) is 10.7. The second-order valence-corrected chi connectivity index (χ2v) is 6.47. The molecule has 0 saturated heterocycles. The molecule has 0 saturated carbocycles. The van der Waals surface area contributed by atoms with Gasteiger partial charge in [-0.1, -0.05) is 36.4 Å². The van der Waals surface area contributed by atoms with Gasteiger partial charge in [-0.3, -0.25) is 4.79 Å². The number of anilines is 2. The number of rotatable bonds is 6. The molecule has 0 fully saturated rings. The fourth-order valence-corrected chi connectivity index (χ4v) is 2.76. The zero-order valence-corrected chi connectivity index (χ0v) is 16.3. The molecule has 3 rings (SSSR count). The summed E-state index contributed by atoms with van der Waals surface area (Å²) in [6, 6.07) is 24.2. The minimum absolute atomic E-state index is 0.0164. The van der Waals surface area contributed by atoms with E-state index in [1.54, 1.807) is 24.3 Å². The van der Waals surface area contributed by atoms with Crippen molar-refractivity contribution in [1.29, 1.82) is 5.26 Å². The van der Waals surface area contributed by atoms with Crippen molar-refractivity contribution in [2.24, 2.45) is 0 Å². The first-order valence-electron chi connectivity index (χ1n) is 9.14. The van der Waals surface area contributed by atoms with E-state index in [1.165, 1.54) is 6.20 Å². The Hall–Kier alpha value is -4.04. The number of nitrogens with zero attached hydrogens (tertiary/aromatic N) is 1. The summed E-state index contributed by atoms with van der Waals surface area (Å²) in [7, 11) is 0. The van der Waals surface area contributed by atoms with Crippen LogP contribution >= 0.6 is 0 Å². The molecule has 0 heterocycles. The second kappa shape index (κ2) is 9.25. The molecule has 3 aromatic carbocycles. The van der Waals surface area contributed by atoms with Gasteiger partial charge in [-0.2, -0.15) is 5.26 Å². The van der Waals surface area contributed by atoms with Crippen molar-refractivity contribution in [3.8, 4) is 17.6 Å². The number of para-hydroxylation sites is 2. The number of benzene rings is 3. The quantitative estimate of drug-likeness (QED) is 0.432. The fraction of sp³-hybridized carbons (Fsp3) is 0.0833. The predicted octanol–water partition coefficient (Wildman–Crippen LogP) is 5.55. The summed E-state index contributed by atoms with van der Waals surface area (Å²) in [5.41, 5.74) is 3.51. The smallest absolute Gasteiger partial charge is 0.267 e. The first-order valence-corrected chi connectivity index (χ1v) is 9.14. The minimum Gasteiger partial charge on any atom is -0.457 e. The molecular formula is C24H21N3O2. The maximum Gasteiger partial charge on any atom is 0.267 e. The lowest BCUT2D eigenvalue weighted by Crippen LogP contribution is -2.14. The third-order valence-electron chi connectivity index (χ3n) is 4.30. The zero-order valence-electron chi connectivity index (χ0n) is 16.3. The summed E-state index contributed by atoms with van der Waals surface area (Å²) in [4.78, 5) is 12.4. The number of carbonyl (C=O) groups excluding carboxylic acids is 1. The summed E-state index contributed by atoms with van der Waals surface area (Å²) >= 11 is 0. The van der Waals surface area contributed by atoms with E-state index < -0.39 is 5.91 Å². The average Bonchev–Trinajstić information content (AvgIpc) is 2.72. The van der Waals surface area contributed by atoms with Crippen LogP contribution in [0, 0.1) is 25.2 Å². The largest absolute Gasteiger partial charge is 0.457 e. The lowest BCUT2D eigenvalue weighted by atomic mass is 10.1. The molecule has 0 aliphatic heterocycles. The van der Waals surface area contributed by atoms with Gasteiger partial charge in [-0.05, 0) is 61.4 Å². The Morgan fingerprint density at radius 3 is 2.14 bits per heavy atom.